The van der Waals surface area contributed by atoms with E-state index in [4.69, 9.17) is 11.6 Å². The smallest absolute Gasteiger partial charge is 0.255 e. The summed E-state index contributed by atoms with van der Waals surface area (Å²) in [6.07, 6.45) is 4.58. The van der Waals surface area contributed by atoms with Gasteiger partial charge in [-0.1, -0.05) is 42.6 Å². The zero-order chi connectivity index (χ0) is 21.6. The third-order valence-corrected chi connectivity index (χ3v) is 7.43. The van der Waals surface area contributed by atoms with Gasteiger partial charge in [0.05, 0.1) is 11.0 Å². The summed E-state index contributed by atoms with van der Waals surface area (Å²) in [6, 6.07) is 11.8. The molecule has 2 fully saturated rings. The number of amides is 2. The Balaban J connectivity index is 1.37. The Morgan fingerprint density at radius 3 is 2.42 bits per heavy atom. The normalized spacial score (nSPS) is 21.4. The molecule has 0 radical (unpaired) electrons. The average Bonchev–Trinajstić information content (AvgIpc) is 3.24. The van der Waals surface area contributed by atoms with E-state index in [0.29, 0.717) is 36.5 Å². The lowest BCUT2D eigenvalue weighted by atomic mass is 9.76. The molecular formula is C24H25ClFN3O2. The molecule has 1 saturated heterocycles. The fourth-order valence-electron chi connectivity index (χ4n) is 5.46. The molecule has 0 unspecified atom stereocenters. The molecule has 0 aromatic heterocycles. The van der Waals surface area contributed by atoms with Crippen LogP contribution in [0, 0.1) is 5.82 Å². The van der Waals surface area contributed by atoms with E-state index in [-0.39, 0.29) is 11.8 Å². The molecule has 5 nitrogen and oxygen atoms in total. The summed E-state index contributed by atoms with van der Waals surface area (Å²) in [7, 11) is 0. The molecule has 0 atom stereocenters. The van der Waals surface area contributed by atoms with Gasteiger partial charge < -0.3 is 15.5 Å². The van der Waals surface area contributed by atoms with Crippen molar-refractivity contribution in [2.45, 2.75) is 49.6 Å². The van der Waals surface area contributed by atoms with Gasteiger partial charge in [-0.2, -0.15) is 0 Å². The van der Waals surface area contributed by atoms with Crippen LogP contribution in [-0.4, -0.2) is 35.5 Å². The number of para-hydroxylation sites is 1. The number of fused-ring (bicyclic) bond motifs is 1. The predicted molar refractivity (Wildman–Crippen MR) is 118 cm³/mol. The Bertz CT molecular complexity index is 1040. The number of rotatable bonds is 2. The van der Waals surface area contributed by atoms with Gasteiger partial charge in [-0.05, 0) is 42.7 Å². The number of carbonyl (C=O) groups excluding carboxylic acids is 2. The molecular weight excluding hydrogens is 417 g/mol. The average molecular weight is 442 g/mol. The minimum Gasteiger partial charge on any atom is -0.362 e. The minimum absolute atomic E-state index is 0.0656. The molecule has 162 valence electrons. The van der Waals surface area contributed by atoms with E-state index in [9.17, 15) is 14.0 Å². The van der Waals surface area contributed by atoms with Gasteiger partial charge in [0.15, 0.2) is 0 Å². The maximum absolute atomic E-state index is 13.8. The summed E-state index contributed by atoms with van der Waals surface area (Å²) in [5.74, 6) is -0.413. The van der Waals surface area contributed by atoms with E-state index in [1.807, 2.05) is 23.1 Å². The number of hydrogen-bond acceptors (Lipinski definition) is 3. The molecule has 2 aromatic carbocycles. The molecule has 2 heterocycles. The van der Waals surface area contributed by atoms with Crippen molar-refractivity contribution < 1.29 is 14.0 Å². The number of nitrogens with one attached hydrogen (secondary N) is 2. The highest BCUT2D eigenvalue weighted by atomic mass is 35.5. The van der Waals surface area contributed by atoms with Gasteiger partial charge in [-0.25, -0.2) is 4.39 Å². The van der Waals surface area contributed by atoms with E-state index in [0.717, 1.165) is 36.9 Å². The topological polar surface area (TPSA) is 61.4 Å². The van der Waals surface area contributed by atoms with Crippen LogP contribution in [0.4, 0.5) is 10.1 Å². The third-order valence-electron chi connectivity index (χ3n) is 7.12. The van der Waals surface area contributed by atoms with Crippen molar-refractivity contribution in [1.82, 2.24) is 10.2 Å². The van der Waals surface area contributed by atoms with Crippen LogP contribution < -0.4 is 10.6 Å². The van der Waals surface area contributed by atoms with E-state index >= 15 is 0 Å². The first kappa shape index (κ1) is 20.3. The zero-order valence-electron chi connectivity index (χ0n) is 17.2. The summed E-state index contributed by atoms with van der Waals surface area (Å²) in [5, 5.41) is 6.94. The van der Waals surface area contributed by atoms with Crippen LogP contribution >= 0.6 is 11.6 Å². The molecule has 1 saturated carbocycles. The number of benzene rings is 2. The van der Waals surface area contributed by atoms with Crippen LogP contribution in [0.5, 0.6) is 0 Å². The number of nitrogens with zero attached hydrogens (tertiary/aromatic N) is 1. The highest BCUT2D eigenvalue weighted by Gasteiger charge is 2.48. The van der Waals surface area contributed by atoms with E-state index in [1.165, 1.54) is 12.1 Å². The first-order valence-electron chi connectivity index (χ1n) is 10.9. The van der Waals surface area contributed by atoms with Crippen LogP contribution in [0.3, 0.4) is 0 Å². The van der Waals surface area contributed by atoms with E-state index < -0.39 is 16.9 Å². The number of piperidine rings is 1. The molecule has 31 heavy (non-hydrogen) atoms. The van der Waals surface area contributed by atoms with Gasteiger partial charge in [-0.15, -0.1) is 0 Å². The highest BCUT2D eigenvalue weighted by Crippen LogP contribution is 2.46. The van der Waals surface area contributed by atoms with Crippen molar-refractivity contribution in [3.63, 3.8) is 0 Å². The summed E-state index contributed by atoms with van der Waals surface area (Å²) in [4.78, 5) is 28.3. The summed E-state index contributed by atoms with van der Waals surface area (Å²) < 4.78 is 13.6. The first-order chi connectivity index (χ1) is 14.9. The van der Waals surface area contributed by atoms with E-state index in [1.54, 1.807) is 12.1 Å². The fourth-order valence-corrected chi connectivity index (χ4v) is 5.81. The van der Waals surface area contributed by atoms with Crippen LogP contribution in [0.25, 0.3) is 0 Å². The molecule has 1 aliphatic carbocycles. The standard InChI is InChI=1S/C24H25ClFN3O2/c25-19-15-16(26)7-8-18(19)23(9-3-4-10-23)22(31)29-13-11-24(12-14-29)27-20-6-2-1-5-17(20)21(30)28-24/h1-2,5-8,15,27H,3-4,9-14H2,(H,28,30). The Morgan fingerprint density at radius 2 is 1.71 bits per heavy atom. The molecule has 2 aliphatic heterocycles. The van der Waals surface area contributed by atoms with Gasteiger partial charge in [0, 0.05) is 36.6 Å². The molecule has 2 amide bonds. The Hall–Kier alpha value is -2.60. The molecule has 3 aliphatic rings. The lowest BCUT2D eigenvalue weighted by molar-refractivity contribution is -0.139. The maximum Gasteiger partial charge on any atom is 0.255 e. The quantitative estimate of drug-likeness (QED) is 0.723. The van der Waals surface area contributed by atoms with Crippen LogP contribution in [0.2, 0.25) is 5.02 Å². The lowest BCUT2D eigenvalue weighted by Gasteiger charge is -2.47. The molecule has 2 N–H and O–H groups in total. The summed E-state index contributed by atoms with van der Waals surface area (Å²) in [6.45, 7) is 1.07. The van der Waals surface area contributed by atoms with Gasteiger partial charge in [0.1, 0.15) is 11.5 Å². The van der Waals surface area contributed by atoms with Crippen molar-refractivity contribution >= 4 is 29.1 Å². The number of carbonyl (C=O) groups is 2. The number of anilines is 1. The number of likely N-dealkylation sites (tertiary alicyclic amines) is 1. The molecule has 1 spiro atoms. The fraction of sp³-hybridized carbons (Fsp3) is 0.417. The second-order valence-electron chi connectivity index (χ2n) is 8.91. The van der Waals surface area contributed by atoms with Crippen LogP contribution in [-0.2, 0) is 10.2 Å². The predicted octanol–water partition coefficient (Wildman–Crippen LogP) is 4.47. The van der Waals surface area contributed by atoms with Gasteiger partial charge in [0.2, 0.25) is 5.91 Å². The van der Waals surface area contributed by atoms with Crippen molar-refractivity contribution in [3.05, 3.63) is 64.4 Å². The summed E-state index contributed by atoms with van der Waals surface area (Å²) >= 11 is 6.39. The van der Waals surface area contributed by atoms with Crippen molar-refractivity contribution in [2.75, 3.05) is 18.4 Å². The second kappa shape index (κ2) is 7.52. The van der Waals surface area contributed by atoms with Gasteiger partial charge in [-0.3, -0.25) is 9.59 Å². The Kier molecular flexibility index (Phi) is 4.93. The minimum atomic E-state index is -0.689. The van der Waals surface area contributed by atoms with E-state index in [2.05, 4.69) is 10.6 Å². The van der Waals surface area contributed by atoms with Crippen molar-refractivity contribution in [3.8, 4) is 0 Å². The number of halogens is 2. The van der Waals surface area contributed by atoms with Crippen LogP contribution in [0.1, 0.15) is 54.4 Å². The Morgan fingerprint density at radius 1 is 1.00 bits per heavy atom. The van der Waals surface area contributed by atoms with Gasteiger partial charge >= 0.3 is 0 Å². The zero-order valence-corrected chi connectivity index (χ0v) is 18.0. The maximum atomic E-state index is 13.8. The molecule has 5 rings (SSSR count). The highest BCUT2D eigenvalue weighted by molar-refractivity contribution is 6.31. The third kappa shape index (κ3) is 3.37. The van der Waals surface area contributed by atoms with Crippen molar-refractivity contribution in [2.24, 2.45) is 0 Å². The SMILES string of the molecule is O=C1NC2(CCN(C(=O)C3(c4ccc(F)cc4Cl)CCCC3)CC2)Nc2ccccc21. The molecule has 0 bridgehead atoms. The summed E-state index contributed by atoms with van der Waals surface area (Å²) in [5.41, 5.74) is 0.971. The second-order valence-corrected chi connectivity index (χ2v) is 9.32. The lowest BCUT2D eigenvalue weighted by Crippen LogP contribution is -2.63. The van der Waals surface area contributed by atoms with Crippen molar-refractivity contribution in [1.29, 1.82) is 0 Å². The molecule has 2 aromatic rings. The first-order valence-corrected chi connectivity index (χ1v) is 11.2. The van der Waals surface area contributed by atoms with Crippen LogP contribution in [0.15, 0.2) is 42.5 Å². The van der Waals surface area contributed by atoms with Gasteiger partial charge in [0.25, 0.3) is 5.91 Å². The molecule has 7 heteroatoms. The Labute approximate surface area is 186 Å². The monoisotopic (exact) mass is 441 g/mol. The number of hydrogen-bond donors (Lipinski definition) is 2. The largest absolute Gasteiger partial charge is 0.362 e.